The molecule has 1 rings (SSSR count). The highest BCUT2D eigenvalue weighted by atomic mass is 32.2. The summed E-state index contributed by atoms with van der Waals surface area (Å²) in [6.07, 6.45) is 5.00. The van der Waals surface area contributed by atoms with Gasteiger partial charge in [0, 0.05) is 6.04 Å². The van der Waals surface area contributed by atoms with Gasteiger partial charge in [-0.15, -0.1) is 0 Å². The van der Waals surface area contributed by atoms with E-state index in [4.69, 9.17) is 0 Å². The van der Waals surface area contributed by atoms with Crippen molar-refractivity contribution in [1.82, 2.24) is 5.32 Å². The van der Waals surface area contributed by atoms with E-state index in [1.54, 1.807) is 0 Å². The summed E-state index contributed by atoms with van der Waals surface area (Å²) < 4.78 is 25.2. The van der Waals surface area contributed by atoms with Crippen LogP contribution in [-0.2, 0) is 9.84 Å². The van der Waals surface area contributed by atoms with Crippen LogP contribution in [0.1, 0.15) is 59.8 Å². The fraction of sp³-hybridized carbons (Fsp3) is 1.00. The Labute approximate surface area is 113 Å². The van der Waals surface area contributed by atoms with Crippen LogP contribution >= 0.6 is 0 Å². The maximum absolute atomic E-state index is 12.6. The number of hydrogen-bond donors (Lipinski definition) is 1. The van der Waals surface area contributed by atoms with Crippen molar-refractivity contribution in [3.63, 3.8) is 0 Å². The van der Waals surface area contributed by atoms with E-state index in [1.165, 1.54) is 6.42 Å². The van der Waals surface area contributed by atoms with Gasteiger partial charge in [0.15, 0.2) is 9.84 Å². The van der Waals surface area contributed by atoms with Crippen molar-refractivity contribution in [1.29, 1.82) is 0 Å². The average molecular weight is 275 g/mol. The van der Waals surface area contributed by atoms with Gasteiger partial charge in [0.25, 0.3) is 0 Å². The summed E-state index contributed by atoms with van der Waals surface area (Å²) in [7, 11) is -2.99. The molecule has 4 heteroatoms. The second kappa shape index (κ2) is 6.90. The molecule has 0 heterocycles. The molecule has 0 aliphatic heterocycles. The minimum atomic E-state index is -2.99. The van der Waals surface area contributed by atoms with Gasteiger partial charge in [-0.1, -0.05) is 26.7 Å². The zero-order chi connectivity index (χ0) is 13.8. The van der Waals surface area contributed by atoms with E-state index in [9.17, 15) is 8.42 Å². The fourth-order valence-electron chi connectivity index (χ4n) is 2.80. The summed E-state index contributed by atoms with van der Waals surface area (Å²) in [6.45, 7) is 9.01. The molecule has 0 radical (unpaired) electrons. The molecule has 0 amide bonds. The van der Waals surface area contributed by atoms with Crippen molar-refractivity contribution in [3.8, 4) is 0 Å². The van der Waals surface area contributed by atoms with Crippen LogP contribution < -0.4 is 5.32 Å². The number of rotatable bonds is 6. The monoisotopic (exact) mass is 275 g/mol. The van der Waals surface area contributed by atoms with Crippen LogP contribution in [0, 0.1) is 5.92 Å². The maximum atomic E-state index is 12.6. The average Bonchev–Trinajstić information content (AvgIpc) is 2.34. The molecule has 4 unspecified atom stereocenters. The Balaban J connectivity index is 2.66. The minimum Gasteiger partial charge on any atom is -0.313 e. The molecule has 0 aromatic carbocycles. The van der Waals surface area contributed by atoms with Gasteiger partial charge in [-0.05, 0) is 45.6 Å². The summed E-state index contributed by atoms with van der Waals surface area (Å²) in [5, 5.41) is 2.92. The molecule has 18 heavy (non-hydrogen) atoms. The number of nitrogens with one attached hydrogen (secondary N) is 1. The van der Waals surface area contributed by atoms with Crippen LogP contribution in [0.15, 0.2) is 0 Å². The maximum Gasteiger partial charge on any atom is 0.157 e. The molecule has 1 saturated carbocycles. The Morgan fingerprint density at radius 2 is 1.94 bits per heavy atom. The highest BCUT2D eigenvalue weighted by Crippen LogP contribution is 2.30. The van der Waals surface area contributed by atoms with Gasteiger partial charge in [0.2, 0.25) is 0 Å². The zero-order valence-corrected chi connectivity index (χ0v) is 13.1. The molecule has 0 aromatic heterocycles. The van der Waals surface area contributed by atoms with E-state index in [0.717, 1.165) is 32.2 Å². The summed E-state index contributed by atoms with van der Waals surface area (Å²) in [5.41, 5.74) is 0. The lowest BCUT2D eigenvalue weighted by atomic mass is 9.91. The van der Waals surface area contributed by atoms with Crippen LogP contribution in [0.4, 0.5) is 0 Å². The smallest absolute Gasteiger partial charge is 0.157 e. The van der Waals surface area contributed by atoms with E-state index in [2.05, 4.69) is 19.2 Å². The Hall–Kier alpha value is -0.0900. The Morgan fingerprint density at radius 3 is 2.50 bits per heavy atom. The Kier molecular flexibility index (Phi) is 6.12. The second-order valence-corrected chi connectivity index (χ2v) is 8.52. The van der Waals surface area contributed by atoms with Gasteiger partial charge in [-0.2, -0.15) is 0 Å². The van der Waals surface area contributed by atoms with Crippen LogP contribution in [0.3, 0.4) is 0 Å². The molecule has 1 N–H and O–H groups in total. The van der Waals surface area contributed by atoms with Gasteiger partial charge in [-0.25, -0.2) is 8.42 Å². The SMILES string of the molecule is CCCNC(C)C(C)S(=O)(=O)C1CCCC(C)C1. The Bertz CT molecular complexity index is 340. The third-order valence-corrected chi connectivity index (χ3v) is 7.09. The lowest BCUT2D eigenvalue weighted by molar-refractivity contribution is 0.377. The molecular weight excluding hydrogens is 246 g/mol. The van der Waals surface area contributed by atoms with Gasteiger partial charge in [-0.3, -0.25) is 0 Å². The lowest BCUT2D eigenvalue weighted by Crippen LogP contribution is -2.45. The van der Waals surface area contributed by atoms with Crippen molar-refractivity contribution in [2.75, 3.05) is 6.54 Å². The molecule has 0 aromatic rings. The third-order valence-electron chi connectivity index (χ3n) is 4.29. The first-order chi connectivity index (χ1) is 8.39. The molecule has 3 nitrogen and oxygen atoms in total. The van der Waals surface area contributed by atoms with E-state index in [1.807, 2.05) is 13.8 Å². The molecule has 1 fully saturated rings. The molecule has 1 aliphatic carbocycles. The van der Waals surface area contributed by atoms with E-state index >= 15 is 0 Å². The molecule has 0 bridgehead atoms. The third kappa shape index (κ3) is 3.95. The van der Waals surface area contributed by atoms with Gasteiger partial charge < -0.3 is 5.32 Å². The first kappa shape index (κ1) is 16.0. The largest absolute Gasteiger partial charge is 0.313 e. The molecule has 0 spiro atoms. The first-order valence-electron chi connectivity index (χ1n) is 7.35. The van der Waals surface area contributed by atoms with Crippen LogP contribution in [0.25, 0.3) is 0 Å². The van der Waals surface area contributed by atoms with Crippen molar-refractivity contribution in [2.45, 2.75) is 76.3 Å². The highest BCUT2D eigenvalue weighted by molar-refractivity contribution is 7.92. The Morgan fingerprint density at radius 1 is 1.28 bits per heavy atom. The molecule has 108 valence electrons. The summed E-state index contributed by atoms with van der Waals surface area (Å²) in [5.74, 6) is 0.560. The van der Waals surface area contributed by atoms with Gasteiger partial charge >= 0.3 is 0 Å². The highest BCUT2D eigenvalue weighted by Gasteiger charge is 2.36. The topological polar surface area (TPSA) is 46.2 Å². The summed E-state index contributed by atoms with van der Waals surface area (Å²) in [4.78, 5) is 0. The normalized spacial score (nSPS) is 28.9. The molecular formula is C14H29NO2S. The second-order valence-electron chi connectivity index (χ2n) is 5.93. The van der Waals surface area contributed by atoms with Crippen LogP contribution in [0.5, 0.6) is 0 Å². The van der Waals surface area contributed by atoms with Crippen molar-refractivity contribution in [3.05, 3.63) is 0 Å². The fourth-order valence-corrected chi connectivity index (χ4v) is 5.17. The van der Waals surface area contributed by atoms with Crippen LogP contribution in [0.2, 0.25) is 0 Å². The number of sulfone groups is 1. The number of hydrogen-bond acceptors (Lipinski definition) is 3. The molecule has 0 saturated heterocycles. The van der Waals surface area contributed by atoms with Gasteiger partial charge in [0.05, 0.1) is 10.5 Å². The van der Waals surface area contributed by atoms with Crippen molar-refractivity contribution in [2.24, 2.45) is 5.92 Å². The molecule has 1 aliphatic rings. The first-order valence-corrected chi connectivity index (χ1v) is 8.96. The standard InChI is InChI=1S/C14H29NO2S/c1-5-9-15-12(3)13(4)18(16,17)14-8-6-7-11(2)10-14/h11-15H,5-10H2,1-4H3. The van der Waals surface area contributed by atoms with Crippen LogP contribution in [-0.4, -0.2) is 31.5 Å². The lowest BCUT2D eigenvalue weighted by Gasteiger charge is -2.31. The van der Waals surface area contributed by atoms with Gasteiger partial charge in [0.1, 0.15) is 0 Å². The minimum absolute atomic E-state index is 0.0483. The summed E-state index contributed by atoms with van der Waals surface area (Å²) in [6, 6.07) is 0.0483. The zero-order valence-electron chi connectivity index (χ0n) is 12.3. The predicted molar refractivity (Wildman–Crippen MR) is 77.6 cm³/mol. The van der Waals surface area contributed by atoms with E-state index in [0.29, 0.717) is 5.92 Å². The van der Waals surface area contributed by atoms with E-state index < -0.39 is 9.84 Å². The van der Waals surface area contributed by atoms with Crippen molar-refractivity contribution < 1.29 is 8.42 Å². The van der Waals surface area contributed by atoms with E-state index in [-0.39, 0.29) is 16.5 Å². The predicted octanol–water partition coefficient (Wildman–Crippen LogP) is 2.76. The quantitative estimate of drug-likeness (QED) is 0.811. The van der Waals surface area contributed by atoms with Crippen molar-refractivity contribution >= 4 is 9.84 Å². The summed E-state index contributed by atoms with van der Waals surface area (Å²) >= 11 is 0. The molecule has 4 atom stereocenters.